The molecule has 16 heavy (non-hydrogen) atoms. The van der Waals surface area contributed by atoms with Crippen molar-refractivity contribution in [1.29, 1.82) is 0 Å². The molecule has 1 aromatic heterocycles. The Kier molecular flexibility index (Phi) is 2.76. The zero-order chi connectivity index (χ0) is 11.5. The van der Waals surface area contributed by atoms with E-state index in [1.54, 1.807) is 11.9 Å². The fraction of sp³-hybridized carbons (Fsp3) is 0.273. The van der Waals surface area contributed by atoms with Crippen molar-refractivity contribution in [3.8, 4) is 0 Å². The van der Waals surface area contributed by atoms with Gasteiger partial charge in [0.15, 0.2) is 5.82 Å². The van der Waals surface area contributed by atoms with Gasteiger partial charge in [0.05, 0.1) is 5.52 Å². The van der Waals surface area contributed by atoms with Crippen LogP contribution in [0.1, 0.15) is 6.92 Å². The van der Waals surface area contributed by atoms with Gasteiger partial charge in [-0.05, 0) is 19.1 Å². The van der Waals surface area contributed by atoms with Crippen molar-refractivity contribution in [3.05, 3.63) is 24.3 Å². The lowest BCUT2D eigenvalue weighted by Gasteiger charge is -2.14. The first kappa shape index (κ1) is 10.5. The quantitative estimate of drug-likeness (QED) is 0.810. The third kappa shape index (κ3) is 1.84. The lowest BCUT2D eigenvalue weighted by molar-refractivity contribution is 0.224. The van der Waals surface area contributed by atoms with E-state index in [1.807, 2.05) is 31.2 Å². The van der Waals surface area contributed by atoms with Gasteiger partial charge < -0.3 is 4.90 Å². The van der Waals surface area contributed by atoms with Crippen LogP contribution in [0.3, 0.4) is 0 Å². The highest BCUT2D eigenvalue weighted by Crippen LogP contribution is 2.19. The Morgan fingerprint density at radius 2 is 2.25 bits per heavy atom. The van der Waals surface area contributed by atoms with Crippen LogP contribution in [0.5, 0.6) is 0 Å². The number of fused-ring (bicyclic) bond motifs is 1. The zero-order valence-electron chi connectivity index (χ0n) is 9.32. The molecule has 0 saturated carbocycles. The highest BCUT2D eigenvalue weighted by Gasteiger charge is 2.10. The van der Waals surface area contributed by atoms with Gasteiger partial charge in [-0.25, -0.2) is 4.79 Å². The zero-order valence-corrected chi connectivity index (χ0v) is 9.32. The maximum Gasteiger partial charge on any atom is 0.322 e. The SMILES string of the molecule is CCN(C)C(=O)Nc1n[nH]c2ccccc12. The molecule has 0 aliphatic heterocycles. The molecule has 2 N–H and O–H groups in total. The van der Waals surface area contributed by atoms with Crippen LogP contribution >= 0.6 is 0 Å². The van der Waals surface area contributed by atoms with E-state index in [1.165, 1.54) is 0 Å². The van der Waals surface area contributed by atoms with Gasteiger partial charge in [0.25, 0.3) is 0 Å². The number of hydrogen-bond donors (Lipinski definition) is 2. The Labute approximate surface area is 93.4 Å². The van der Waals surface area contributed by atoms with Crippen LogP contribution in [-0.2, 0) is 0 Å². The van der Waals surface area contributed by atoms with E-state index in [0.717, 1.165) is 10.9 Å². The van der Waals surface area contributed by atoms with Gasteiger partial charge in [0.2, 0.25) is 0 Å². The van der Waals surface area contributed by atoms with E-state index in [9.17, 15) is 4.79 Å². The fourth-order valence-electron chi connectivity index (χ4n) is 1.40. The molecule has 0 atom stereocenters. The second-order valence-corrected chi connectivity index (χ2v) is 3.56. The normalized spacial score (nSPS) is 10.4. The first-order valence-electron chi connectivity index (χ1n) is 5.17. The number of anilines is 1. The number of nitrogens with zero attached hydrogens (tertiary/aromatic N) is 2. The third-order valence-corrected chi connectivity index (χ3v) is 2.52. The van der Waals surface area contributed by atoms with E-state index >= 15 is 0 Å². The standard InChI is InChI=1S/C11H14N4O/c1-3-15(2)11(16)12-10-8-6-4-5-7-9(8)13-14-10/h4-7H,3H2,1-2H3,(H2,12,13,14,16). The molecule has 0 bridgehead atoms. The number of aromatic nitrogens is 2. The van der Waals surface area contributed by atoms with Crippen molar-refractivity contribution >= 4 is 22.8 Å². The molecule has 0 saturated heterocycles. The summed E-state index contributed by atoms with van der Waals surface area (Å²) < 4.78 is 0. The van der Waals surface area contributed by atoms with Gasteiger partial charge >= 0.3 is 6.03 Å². The summed E-state index contributed by atoms with van der Waals surface area (Å²) >= 11 is 0. The van der Waals surface area contributed by atoms with Crippen LogP contribution in [-0.4, -0.2) is 34.7 Å². The summed E-state index contributed by atoms with van der Waals surface area (Å²) in [4.78, 5) is 13.2. The number of rotatable bonds is 2. The molecule has 2 aromatic rings. The maximum atomic E-state index is 11.6. The number of benzene rings is 1. The molecule has 1 aromatic carbocycles. The summed E-state index contributed by atoms with van der Waals surface area (Å²) in [5.41, 5.74) is 0.914. The predicted molar refractivity (Wildman–Crippen MR) is 63.4 cm³/mol. The molecule has 5 heteroatoms. The molecule has 0 aliphatic rings. The fourth-order valence-corrected chi connectivity index (χ4v) is 1.40. The van der Waals surface area contributed by atoms with Crippen LogP contribution in [0.2, 0.25) is 0 Å². The number of para-hydroxylation sites is 1. The van der Waals surface area contributed by atoms with E-state index in [0.29, 0.717) is 12.4 Å². The number of H-pyrrole nitrogens is 1. The van der Waals surface area contributed by atoms with E-state index < -0.39 is 0 Å². The Bertz CT molecular complexity index is 505. The first-order chi connectivity index (χ1) is 7.72. The van der Waals surface area contributed by atoms with Gasteiger partial charge in [0, 0.05) is 19.0 Å². The molecule has 0 radical (unpaired) electrons. The lowest BCUT2D eigenvalue weighted by atomic mass is 10.2. The third-order valence-electron chi connectivity index (χ3n) is 2.52. The van der Waals surface area contributed by atoms with Crippen molar-refractivity contribution in [3.63, 3.8) is 0 Å². The Morgan fingerprint density at radius 1 is 1.50 bits per heavy atom. The minimum absolute atomic E-state index is 0.153. The summed E-state index contributed by atoms with van der Waals surface area (Å²) in [5, 5.41) is 10.6. The van der Waals surface area contributed by atoms with Gasteiger partial charge in [-0.1, -0.05) is 12.1 Å². The average Bonchev–Trinajstić information content (AvgIpc) is 2.72. The van der Waals surface area contributed by atoms with Crippen molar-refractivity contribution in [2.24, 2.45) is 0 Å². The molecule has 2 amide bonds. The number of hydrogen-bond acceptors (Lipinski definition) is 2. The lowest BCUT2D eigenvalue weighted by Crippen LogP contribution is -2.31. The van der Waals surface area contributed by atoms with E-state index in [-0.39, 0.29) is 6.03 Å². The Balaban J connectivity index is 2.25. The highest BCUT2D eigenvalue weighted by molar-refractivity contribution is 5.98. The molecule has 2 rings (SSSR count). The predicted octanol–water partition coefficient (Wildman–Crippen LogP) is 2.05. The summed E-state index contributed by atoms with van der Waals surface area (Å²) in [6.07, 6.45) is 0. The summed E-state index contributed by atoms with van der Waals surface area (Å²) in [6.45, 7) is 2.58. The van der Waals surface area contributed by atoms with Gasteiger partial charge in [-0.15, -0.1) is 0 Å². The summed E-state index contributed by atoms with van der Waals surface area (Å²) in [6, 6.07) is 7.52. The minimum Gasteiger partial charge on any atom is -0.328 e. The monoisotopic (exact) mass is 218 g/mol. The molecule has 0 aliphatic carbocycles. The summed E-state index contributed by atoms with van der Waals surface area (Å²) in [7, 11) is 1.74. The number of carbonyl (C=O) groups excluding carboxylic acids is 1. The van der Waals surface area contributed by atoms with Gasteiger partial charge in [-0.3, -0.25) is 10.4 Å². The van der Waals surface area contributed by atoms with Crippen LogP contribution in [0.4, 0.5) is 10.6 Å². The topological polar surface area (TPSA) is 61.0 Å². The molecular weight excluding hydrogens is 204 g/mol. The molecule has 5 nitrogen and oxygen atoms in total. The second-order valence-electron chi connectivity index (χ2n) is 3.56. The number of nitrogens with one attached hydrogen (secondary N) is 2. The average molecular weight is 218 g/mol. The smallest absolute Gasteiger partial charge is 0.322 e. The number of aromatic amines is 1. The van der Waals surface area contributed by atoms with Gasteiger partial charge in [-0.2, -0.15) is 5.10 Å². The highest BCUT2D eigenvalue weighted by atomic mass is 16.2. The molecule has 0 unspecified atom stereocenters. The minimum atomic E-state index is -0.153. The number of carbonyl (C=O) groups is 1. The van der Waals surface area contributed by atoms with Crippen LogP contribution in [0.25, 0.3) is 10.9 Å². The van der Waals surface area contributed by atoms with Crippen LogP contribution < -0.4 is 5.32 Å². The van der Waals surface area contributed by atoms with E-state index in [4.69, 9.17) is 0 Å². The van der Waals surface area contributed by atoms with E-state index in [2.05, 4.69) is 15.5 Å². The molecule has 84 valence electrons. The van der Waals surface area contributed by atoms with Crippen molar-refractivity contribution in [1.82, 2.24) is 15.1 Å². The van der Waals surface area contributed by atoms with Crippen LogP contribution in [0.15, 0.2) is 24.3 Å². The van der Waals surface area contributed by atoms with Crippen molar-refractivity contribution in [2.45, 2.75) is 6.92 Å². The molecule has 1 heterocycles. The van der Waals surface area contributed by atoms with Crippen LogP contribution in [0, 0.1) is 0 Å². The maximum absolute atomic E-state index is 11.6. The largest absolute Gasteiger partial charge is 0.328 e. The van der Waals surface area contributed by atoms with Crippen molar-refractivity contribution in [2.75, 3.05) is 18.9 Å². The Hall–Kier alpha value is -2.04. The molecule has 0 spiro atoms. The van der Waals surface area contributed by atoms with Crippen molar-refractivity contribution < 1.29 is 4.79 Å². The Morgan fingerprint density at radius 3 is 3.00 bits per heavy atom. The number of urea groups is 1. The molecular formula is C11H14N4O. The number of amides is 2. The first-order valence-corrected chi connectivity index (χ1v) is 5.17. The molecule has 0 fully saturated rings. The summed E-state index contributed by atoms with van der Waals surface area (Å²) in [5.74, 6) is 0.570. The second kappa shape index (κ2) is 4.22. The van der Waals surface area contributed by atoms with Gasteiger partial charge in [0.1, 0.15) is 0 Å².